The number of likely N-dealkylation sites (tertiary alicyclic amines) is 1. The number of pyridine rings is 1. The van der Waals surface area contributed by atoms with E-state index in [4.69, 9.17) is 16.6 Å². The largest absolute Gasteiger partial charge is 0.332 e. The summed E-state index contributed by atoms with van der Waals surface area (Å²) in [4.78, 5) is 24.5. The fourth-order valence-electron chi connectivity index (χ4n) is 4.55. The third-order valence-electron chi connectivity index (χ3n) is 6.28. The molecule has 1 amide bonds. The molecule has 2 aromatic heterocycles. The summed E-state index contributed by atoms with van der Waals surface area (Å²) >= 11 is 6.07. The summed E-state index contributed by atoms with van der Waals surface area (Å²) in [6, 6.07) is 11.5. The van der Waals surface area contributed by atoms with E-state index in [0.717, 1.165) is 55.6 Å². The molecule has 1 aromatic carbocycles. The maximum atomic E-state index is 13.7. The Labute approximate surface area is 174 Å². The molecule has 2 fully saturated rings. The monoisotopic (exact) mass is 407 g/mol. The lowest BCUT2D eigenvalue weighted by atomic mass is 9.63. The Kier molecular flexibility index (Phi) is 4.59. The molecule has 0 spiro atoms. The van der Waals surface area contributed by atoms with Crippen LogP contribution in [-0.2, 0) is 10.2 Å². The lowest BCUT2D eigenvalue weighted by molar-refractivity contribution is -0.142. The van der Waals surface area contributed by atoms with Crippen LogP contribution in [0.1, 0.15) is 49.5 Å². The quantitative estimate of drug-likeness (QED) is 0.699. The number of hydrogen-bond donors (Lipinski definition) is 1. The first-order valence-electron chi connectivity index (χ1n) is 10.1. The Morgan fingerprint density at radius 1 is 1.10 bits per heavy atom. The summed E-state index contributed by atoms with van der Waals surface area (Å²) in [6.07, 6.45) is 8.16. The molecule has 1 unspecified atom stereocenters. The number of hydrogen-bond acceptors (Lipinski definition) is 4. The fourth-order valence-corrected chi connectivity index (χ4v) is 4.67. The van der Waals surface area contributed by atoms with E-state index in [1.54, 1.807) is 12.4 Å². The van der Waals surface area contributed by atoms with Crippen LogP contribution >= 0.6 is 11.6 Å². The van der Waals surface area contributed by atoms with E-state index in [-0.39, 0.29) is 11.9 Å². The SMILES string of the molecule is O=C(N1CCCC1c1nc(-c2ccncc2)n[nH]1)C1(c2ccc(Cl)cc2)CCC1. The Morgan fingerprint density at radius 2 is 1.86 bits per heavy atom. The van der Waals surface area contributed by atoms with E-state index in [1.807, 2.05) is 41.3 Å². The molecule has 6 nitrogen and oxygen atoms in total. The number of amides is 1. The summed E-state index contributed by atoms with van der Waals surface area (Å²) in [5, 5.41) is 8.14. The molecule has 2 aliphatic rings. The standard InChI is InChI=1S/C22H22ClN5O/c23-17-6-4-16(5-7-17)22(10-2-11-22)21(29)28-14-1-3-18(28)20-25-19(26-27-20)15-8-12-24-13-9-15/h4-9,12-13,18H,1-3,10-11,14H2,(H,25,26,27). The van der Waals surface area contributed by atoms with Crippen molar-refractivity contribution in [2.45, 2.75) is 43.6 Å². The first-order valence-corrected chi connectivity index (χ1v) is 10.4. The van der Waals surface area contributed by atoms with Gasteiger partial charge in [0.1, 0.15) is 5.82 Å². The van der Waals surface area contributed by atoms with E-state index >= 15 is 0 Å². The summed E-state index contributed by atoms with van der Waals surface area (Å²) in [7, 11) is 0. The van der Waals surface area contributed by atoms with Gasteiger partial charge in [0.25, 0.3) is 0 Å². The van der Waals surface area contributed by atoms with Crippen LogP contribution in [0, 0.1) is 0 Å². The normalized spacial score (nSPS) is 20.4. The van der Waals surface area contributed by atoms with Gasteiger partial charge in [-0.15, -0.1) is 0 Å². The van der Waals surface area contributed by atoms with Gasteiger partial charge in [0, 0.05) is 29.5 Å². The number of nitrogens with zero attached hydrogens (tertiary/aromatic N) is 4. The van der Waals surface area contributed by atoms with Gasteiger partial charge in [-0.3, -0.25) is 14.9 Å². The van der Waals surface area contributed by atoms with E-state index in [2.05, 4.69) is 15.2 Å². The molecule has 1 aliphatic carbocycles. The van der Waals surface area contributed by atoms with E-state index in [9.17, 15) is 4.79 Å². The molecule has 148 valence electrons. The van der Waals surface area contributed by atoms with Crippen molar-refractivity contribution in [2.75, 3.05) is 6.54 Å². The van der Waals surface area contributed by atoms with Gasteiger partial charge in [0.2, 0.25) is 5.91 Å². The first kappa shape index (κ1) is 18.3. The third kappa shape index (κ3) is 3.12. The highest BCUT2D eigenvalue weighted by Crippen LogP contribution is 2.47. The molecule has 7 heteroatoms. The molecule has 5 rings (SSSR count). The third-order valence-corrected chi connectivity index (χ3v) is 6.54. The van der Waals surface area contributed by atoms with Crippen LogP contribution < -0.4 is 0 Å². The highest BCUT2D eigenvalue weighted by molar-refractivity contribution is 6.30. The van der Waals surface area contributed by atoms with Crippen LogP contribution in [0.25, 0.3) is 11.4 Å². The second kappa shape index (κ2) is 7.26. The van der Waals surface area contributed by atoms with Crippen molar-refractivity contribution in [3.63, 3.8) is 0 Å². The predicted molar refractivity (Wildman–Crippen MR) is 110 cm³/mol. The van der Waals surface area contributed by atoms with Crippen molar-refractivity contribution in [3.8, 4) is 11.4 Å². The van der Waals surface area contributed by atoms with Crippen molar-refractivity contribution in [2.24, 2.45) is 0 Å². The number of aromatic nitrogens is 4. The highest BCUT2D eigenvalue weighted by atomic mass is 35.5. The second-order valence-electron chi connectivity index (χ2n) is 7.88. The van der Waals surface area contributed by atoms with E-state index < -0.39 is 5.41 Å². The number of nitrogens with one attached hydrogen (secondary N) is 1. The molecular weight excluding hydrogens is 386 g/mol. The van der Waals surface area contributed by atoms with Crippen molar-refractivity contribution in [3.05, 3.63) is 65.2 Å². The molecule has 0 bridgehead atoms. The van der Waals surface area contributed by atoms with Crippen LogP contribution in [0.15, 0.2) is 48.8 Å². The van der Waals surface area contributed by atoms with Crippen molar-refractivity contribution >= 4 is 17.5 Å². The lowest BCUT2D eigenvalue weighted by Gasteiger charge is -2.44. The van der Waals surface area contributed by atoms with Crippen LogP contribution in [0.3, 0.4) is 0 Å². The number of carbonyl (C=O) groups is 1. The Hall–Kier alpha value is -2.73. The number of aromatic amines is 1. The van der Waals surface area contributed by atoms with Gasteiger partial charge >= 0.3 is 0 Å². The molecule has 0 radical (unpaired) electrons. The zero-order chi connectivity index (χ0) is 19.8. The fraction of sp³-hybridized carbons (Fsp3) is 0.364. The van der Waals surface area contributed by atoms with Crippen molar-refractivity contribution in [1.82, 2.24) is 25.1 Å². The summed E-state index contributed by atoms with van der Waals surface area (Å²) in [6.45, 7) is 0.754. The molecule has 1 saturated carbocycles. The van der Waals surface area contributed by atoms with Crippen LogP contribution in [-0.4, -0.2) is 37.5 Å². The Bertz CT molecular complexity index is 1010. The first-order chi connectivity index (χ1) is 14.2. The van der Waals surface area contributed by atoms with Gasteiger partial charge in [-0.1, -0.05) is 30.2 Å². The minimum atomic E-state index is -0.429. The second-order valence-corrected chi connectivity index (χ2v) is 8.32. The zero-order valence-corrected chi connectivity index (χ0v) is 16.8. The Morgan fingerprint density at radius 3 is 2.55 bits per heavy atom. The molecule has 3 aromatic rings. The molecule has 1 saturated heterocycles. The van der Waals surface area contributed by atoms with Crippen LogP contribution in [0.5, 0.6) is 0 Å². The molecule has 1 aliphatic heterocycles. The number of H-pyrrole nitrogens is 1. The number of rotatable bonds is 4. The highest BCUT2D eigenvalue weighted by Gasteiger charge is 2.50. The van der Waals surface area contributed by atoms with Crippen LogP contribution in [0.4, 0.5) is 0 Å². The summed E-state index contributed by atoms with van der Waals surface area (Å²) in [5.74, 6) is 1.60. The number of halogens is 1. The minimum Gasteiger partial charge on any atom is -0.332 e. The molecule has 3 heterocycles. The summed E-state index contributed by atoms with van der Waals surface area (Å²) < 4.78 is 0. The maximum absolute atomic E-state index is 13.7. The number of benzene rings is 1. The number of carbonyl (C=O) groups excluding carboxylic acids is 1. The maximum Gasteiger partial charge on any atom is 0.233 e. The molecule has 29 heavy (non-hydrogen) atoms. The van der Waals surface area contributed by atoms with Gasteiger partial charge in [-0.25, -0.2) is 4.98 Å². The van der Waals surface area contributed by atoms with Crippen LogP contribution in [0.2, 0.25) is 5.02 Å². The van der Waals surface area contributed by atoms with Gasteiger partial charge in [0.05, 0.1) is 11.5 Å². The average Bonchev–Trinajstić information content (AvgIpc) is 3.38. The Balaban J connectivity index is 1.43. The predicted octanol–water partition coefficient (Wildman–Crippen LogP) is 4.31. The van der Waals surface area contributed by atoms with Gasteiger partial charge in [-0.2, -0.15) is 5.10 Å². The average molecular weight is 408 g/mol. The van der Waals surface area contributed by atoms with Gasteiger partial charge in [0.15, 0.2) is 5.82 Å². The molecule has 1 N–H and O–H groups in total. The molecule has 1 atom stereocenters. The molecular formula is C22H22ClN5O. The van der Waals surface area contributed by atoms with Crippen molar-refractivity contribution < 1.29 is 4.79 Å². The lowest BCUT2D eigenvalue weighted by Crippen LogP contribution is -2.50. The topological polar surface area (TPSA) is 74.8 Å². The minimum absolute atomic E-state index is 0.0598. The summed E-state index contributed by atoms with van der Waals surface area (Å²) in [5.41, 5.74) is 1.55. The van der Waals surface area contributed by atoms with Crippen molar-refractivity contribution in [1.29, 1.82) is 0 Å². The van der Waals surface area contributed by atoms with Gasteiger partial charge in [-0.05, 0) is 55.5 Å². The van der Waals surface area contributed by atoms with E-state index in [1.165, 1.54) is 0 Å². The zero-order valence-electron chi connectivity index (χ0n) is 16.0. The smallest absolute Gasteiger partial charge is 0.233 e. The van der Waals surface area contributed by atoms with E-state index in [0.29, 0.717) is 10.8 Å². The van der Waals surface area contributed by atoms with Gasteiger partial charge < -0.3 is 4.90 Å².